The maximum atomic E-state index is 10.3. The van der Waals surface area contributed by atoms with Crippen molar-refractivity contribution in [3.63, 3.8) is 0 Å². The van der Waals surface area contributed by atoms with E-state index in [2.05, 4.69) is 25.7 Å². The first-order valence-corrected chi connectivity index (χ1v) is 6.14. The van der Waals surface area contributed by atoms with E-state index in [1.54, 1.807) is 12.1 Å². The normalized spacial score (nSPS) is 9.71. The molecule has 17 heavy (non-hydrogen) atoms. The van der Waals surface area contributed by atoms with Crippen molar-refractivity contribution in [2.45, 2.75) is 20.8 Å². The molecule has 0 saturated heterocycles. The summed E-state index contributed by atoms with van der Waals surface area (Å²) < 4.78 is 0. The lowest BCUT2D eigenvalue weighted by atomic mass is 10.2. The average Bonchev–Trinajstić information content (AvgIpc) is 2.32. The van der Waals surface area contributed by atoms with Crippen molar-refractivity contribution in [1.82, 2.24) is 4.90 Å². The molecular weight excluding hydrogens is 238 g/mol. The van der Waals surface area contributed by atoms with Gasteiger partial charge in [0, 0.05) is 5.02 Å². The Morgan fingerprint density at radius 2 is 1.53 bits per heavy atom. The number of hydrogen-bond acceptors (Lipinski definition) is 2. The van der Waals surface area contributed by atoms with Gasteiger partial charge in [0.05, 0.1) is 5.56 Å². The number of aromatic carboxylic acids is 1. The van der Waals surface area contributed by atoms with Crippen LogP contribution in [0.3, 0.4) is 0 Å². The Hall–Kier alpha value is -1.06. The first kappa shape index (κ1) is 15.9. The summed E-state index contributed by atoms with van der Waals surface area (Å²) in [5.41, 5.74) is 0.254. The molecule has 0 bridgehead atoms. The molecule has 0 heterocycles. The molecule has 0 aliphatic rings. The lowest BCUT2D eigenvalue weighted by molar-refractivity contribution is 0.0697. The van der Waals surface area contributed by atoms with Gasteiger partial charge >= 0.3 is 5.97 Å². The third-order valence-corrected chi connectivity index (χ3v) is 2.68. The molecule has 0 atom stereocenters. The molecule has 3 nitrogen and oxygen atoms in total. The summed E-state index contributed by atoms with van der Waals surface area (Å²) in [6.45, 7) is 10.1. The molecule has 1 rings (SSSR count). The van der Waals surface area contributed by atoms with Crippen molar-refractivity contribution in [3.8, 4) is 0 Å². The summed E-state index contributed by atoms with van der Waals surface area (Å²) in [6, 6.07) is 6.02. The van der Waals surface area contributed by atoms with Gasteiger partial charge in [-0.15, -0.1) is 0 Å². The third kappa shape index (κ3) is 6.97. The second-order valence-corrected chi connectivity index (χ2v) is 3.87. The largest absolute Gasteiger partial charge is 0.478 e. The minimum absolute atomic E-state index is 0.254. The summed E-state index contributed by atoms with van der Waals surface area (Å²) in [6.07, 6.45) is 0. The van der Waals surface area contributed by atoms with Crippen LogP contribution in [0.15, 0.2) is 24.3 Å². The van der Waals surface area contributed by atoms with Gasteiger partial charge in [-0.05, 0) is 43.9 Å². The number of nitrogens with zero attached hydrogens (tertiary/aromatic N) is 1. The minimum atomic E-state index is -0.934. The number of carbonyl (C=O) groups is 1. The van der Waals surface area contributed by atoms with Crippen LogP contribution in [0.5, 0.6) is 0 Å². The fourth-order valence-electron chi connectivity index (χ4n) is 1.26. The molecule has 96 valence electrons. The summed E-state index contributed by atoms with van der Waals surface area (Å²) in [5, 5.41) is 8.98. The fourth-order valence-corrected chi connectivity index (χ4v) is 1.39. The summed E-state index contributed by atoms with van der Waals surface area (Å²) in [4.78, 5) is 12.6. The zero-order valence-corrected chi connectivity index (χ0v) is 11.4. The van der Waals surface area contributed by atoms with Crippen molar-refractivity contribution < 1.29 is 9.90 Å². The molecule has 0 unspecified atom stereocenters. The third-order valence-electron chi connectivity index (χ3n) is 2.43. The predicted octanol–water partition coefficient (Wildman–Crippen LogP) is 3.39. The minimum Gasteiger partial charge on any atom is -0.478 e. The maximum Gasteiger partial charge on any atom is 0.335 e. The zero-order chi connectivity index (χ0) is 13.3. The number of carboxylic acid groups (broad SMARTS) is 1. The van der Waals surface area contributed by atoms with Gasteiger partial charge in [0.15, 0.2) is 0 Å². The second-order valence-electron chi connectivity index (χ2n) is 3.43. The smallest absolute Gasteiger partial charge is 0.335 e. The topological polar surface area (TPSA) is 40.5 Å². The maximum absolute atomic E-state index is 10.3. The molecule has 0 radical (unpaired) electrons. The number of halogens is 1. The Morgan fingerprint density at radius 1 is 1.12 bits per heavy atom. The van der Waals surface area contributed by atoms with Gasteiger partial charge in [0.25, 0.3) is 0 Å². The first-order valence-electron chi connectivity index (χ1n) is 5.76. The van der Waals surface area contributed by atoms with Gasteiger partial charge in [0.2, 0.25) is 0 Å². The van der Waals surface area contributed by atoms with Crippen LogP contribution in [0.25, 0.3) is 0 Å². The molecule has 0 aromatic heterocycles. The van der Waals surface area contributed by atoms with Crippen LogP contribution in [-0.4, -0.2) is 35.6 Å². The van der Waals surface area contributed by atoms with E-state index in [9.17, 15) is 4.79 Å². The van der Waals surface area contributed by atoms with Crippen LogP contribution in [0.1, 0.15) is 31.1 Å². The molecule has 1 aromatic rings. The van der Waals surface area contributed by atoms with Crippen LogP contribution in [0, 0.1) is 0 Å². The van der Waals surface area contributed by atoms with Crippen molar-refractivity contribution in [1.29, 1.82) is 0 Å². The second kappa shape index (κ2) is 9.02. The van der Waals surface area contributed by atoms with Gasteiger partial charge < -0.3 is 10.0 Å². The Morgan fingerprint density at radius 3 is 1.76 bits per heavy atom. The van der Waals surface area contributed by atoms with E-state index >= 15 is 0 Å². The number of benzene rings is 1. The van der Waals surface area contributed by atoms with E-state index in [1.807, 2.05) is 0 Å². The molecule has 0 saturated carbocycles. The lowest BCUT2D eigenvalue weighted by Gasteiger charge is -2.13. The van der Waals surface area contributed by atoms with Gasteiger partial charge in [-0.1, -0.05) is 32.4 Å². The van der Waals surface area contributed by atoms with Gasteiger partial charge in [-0.2, -0.15) is 0 Å². The number of hydrogen-bond donors (Lipinski definition) is 1. The highest BCUT2D eigenvalue weighted by atomic mass is 35.5. The van der Waals surface area contributed by atoms with Crippen LogP contribution in [0.2, 0.25) is 5.02 Å². The quantitative estimate of drug-likeness (QED) is 0.899. The standard InChI is InChI=1S/C7H5ClO2.C6H15N/c8-6-3-1-5(2-4-6)7(9)10;1-4-7(5-2)6-3/h1-4H,(H,9,10);4-6H2,1-3H3. The molecule has 0 fully saturated rings. The highest BCUT2D eigenvalue weighted by molar-refractivity contribution is 6.30. The lowest BCUT2D eigenvalue weighted by Crippen LogP contribution is -2.21. The van der Waals surface area contributed by atoms with Crippen LogP contribution in [-0.2, 0) is 0 Å². The van der Waals surface area contributed by atoms with Gasteiger partial charge in [0.1, 0.15) is 0 Å². The van der Waals surface area contributed by atoms with E-state index in [4.69, 9.17) is 16.7 Å². The highest BCUT2D eigenvalue weighted by Crippen LogP contribution is 2.08. The highest BCUT2D eigenvalue weighted by Gasteiger charge is 1.99. The summed E-state index contributed by atoms with van der Waals surface area (Å²) >= 11 is 5.52. The molecule has 0 aliphatic heterocycles. The Labute approximate surface area is 108 Å². The van der Waals surface area contributed by atoms with E-state index < -0.39 is 5.97 Å². The monoisotopic (exact) mass is 257 g/mol. The number of rotatable bonds is 4. The van der Waals surface area contributed by atoms with Crippen LogP contribution < -0.4 is 0 Å². The molecule has 0 amide bonds. The SMILES string of the molecule is CCN(CC)CC.O=C(O)c1ccc(Cl)cc1. The Balaban J connectivity index is 0.000000325. The van der Waals surface area contributed by atoms with Crippen molar-refractivity contribution in [2.24, 2.45) is 0 Å². The molecule has 0 aliphatic carbocycles. The zero-order valence-electron chi connectivity index (χ0n) is 10.6. The average molecular weight is 258 g/mol. The molecule has 0 spiro atoms. The first-order chi connectivity index (χ1) is 8.04. The number of carboxylic acids is 1. The van der Waals surface area contributed by atoms with Gasteiger partial charge in [-0.3, -0.25) is 0 Å². The van der Waals surface area contributed by atoms with Crippen LogP contribution in [0.4, 0.5) is 0 Å². The Kier molecular flexibility index (Phi) is 8.46. The summed E-state index contributed by atoms with van der Waals surface area (Å²) in [7, 11) is 0. The Bertz CT molecular complexity index is 315. The van der Waals surface area contributed by atoms with E-state index in [1.165, 1.54) is 31.8 Å². The summed E-state index contributed by atoms with van der Waals surface area (Å²) in [5.74, 6) is -0.934. The predicted molar refractivity (Wildman–Crippen MR) is 71.9 cm³/mol. The molecule has 1 aromatic carbocycles. The van der Waals surface area contributed by atoms with Crippen LogP contribution >= 0.6 is 11.6 Å². The molecule has 1 N–H and O–H groups in total. The fraction of sp³-hybridized carbons (Fsp3) is 0.462. The van der Waals surface area contributed by atoms with Gasteiger partial charge in [-0.25, -0.2) is 4.79 Å². The van der Waals surface area contributed by atoms with E-state index in [0.29, 0.717) is 5.02 Å². The van der Waals surface area contributed by atoms with Crippen molar-refractivity contribution in [3.05, 3.63) is 34.9 Å². The van der Waals surface area contributed by atoms with E-state index in [0.717, 1.165) is 0 Å². The van der Waals surface area contributed by atoms with Crippen molar-refractivity contribution in [2.75, 3.05) is 19.6 Å². The van der Waals surface area contributed by atoms with Crippen molar-refractivity contribution >= 4 is 17.6 Å². The molecule has 4 heteroatoms. The molecular formula is C13H20ClNO2. The van der Waals surface area contributed by atoms with E-state index in [-0.39, 0.29) is 5.56 Å².